The second-order valence-corrected chi connectivity index (χ2v) is 19.7. The molecule has 2 heterocycles. The van der Waals surface area contributed by atoms with E-state index in [9.17, 15) is 0 Å². The van der Waals surface area contributed by atoms with Crippen molar-refractivity contribution < 1.29 is 0 Å². The Hall–Kier alpha value is -10.1. The fourth-order valence-electron chi connectivity index (χ4n) is 11.5. The summed E-state index contributed by atoms with van der Waals surface area (Å²) in [5, 5.41) is 2.42. The molecule has 366 valence electrons. The van der Waals surface area contributed by atoms with Gasteiger partial charge in [0.2, 0.25) is 0 Å². The lowest BCUT2D eigenvalue weighted by Gasteiger charge is -2.28. The van der Waals surface area contributed by atoms with Crippen LogP contribution in [0.3, 0.4) is 0 Å². The maximum absolute atomic E-state index is 5.83. The first-order valence-electron chi connectivity index (χ1n) is 26.4. The summed E-state index contributed by atoms with van der Waals surface area (Å²) in [4.78, 5) is 7.18. The van der Waals surface area contributed by atoms with Crippen molar-refractivity contribution in [3.05, 3.63) is 297 Å². The van der Waals surface area contributed by atoms with Gasteiger partial charge in [0.15, 0.2) is 0 Å². The predicted molar refractivity (Wildman–Crippen MR) is 325 cm³/mol. The van der Waals surface area contributed by atoms with Crippen LogP contribution in [0.2, 0.25) is 0 Å². The second-order valence-electron chi connectivity index (χ2n) is 19.7. The number of benzene rings is 11. The molecule has 2 atom stereocenters. The maximum atomic E-state index is 5.83. The molecule has 11 aromatic carbocycles. The van der Waals surface area contributed by atoms with E-state index in [0.29, 0.717) is 0 Å². The molecule has 0 saturated carbocycles. The Bertz CT molecular complexity index is 4080. The fraction of sp³-hybridized carbons (Fsp3) is 0.0411. The molecule has 1 aliphatic heterocycles. The monoisotopic (exact) mass is 986 g/mol. The van der Waals surface area contributed by atoms with E-state index < -0.39 is 0 Å². The van der Waals surface area contributed by atoms with E-state index in [0.717, 1.165) is 56.6 Å². The summed E-state index contributed by atoms with van der Waals surface area (Å²) in [5.41, 5.74) is 20.6. The minimum atomic E-state index is 0.0999. The first-order chi connectivity index (χ1) is 38.1. The zero-order chi connectivity index (χ0) is 51.7. The lowest BCUT2D eigenvalue weighted by molar-refractivity contribution is 0.690. The van der Waals surface area contributed by atoms with Crippen molar-refractivity contribution in [2.75, 3.05) is 14.7 Å². The highest BCUT2D eigenvalue weighted by molar-refractivity contribution is 6.10. The number of aromatic nitrogens is 1. The Morgan fingerprint density at radius 2 is 0.766 bits per heavy atom. The lowest BCUT2D eigenvalue weighted by Crippen LogP contribution is -2.26. The van der Waals surface area contributed by atoms with Gasteiger partial charge in [-0.3, -0.25) is 0 Å². The Morgan fingerprint density at radius 1 is 0.377 bits per heavy atom. The van der Waals surface area contributed by atoms with Crippen LogP contribution in [0.5, 0.6) is 0 Å². The van der Waals surface area contributed by atoms with Gasteiger partial charge in [-0.25, -0.2) is 0 Å². The minimum absolute atomic E-state index is 0.0999. The van der Waals surface area contributed by atoms with Crippen LogP contribution >= 0.6 is 0 Å². The quantitative estimate of drug-likeness (QED) is 0.113. The van der Waals surface area contributed by atoms with Gasteiger partial charge in [-0.05, 0) is 167 Å². The molecular formula is C73H54N4. The largest absolute Gasteiger partial charge is 0.337 e. The minimum Gasteiger partial charge on any atom is -0.337 e. The normalized spacial score (nSPS) is 13.9. The molecule has 0 saturated heterocycles. The van der Waals surface area contributed by atoms with Crippen LogP contribution in [0.15, 0.2) is 291 Å². The van der Waals surface area contributed by atoms with Crippen LogP contribution in [0, 0.1) is 12.3 Å². The van der Waals surface area contributed by atoms with Crippen LogP contribution in [0.4, 0.5) is 45.5 Å². The van der Waals surface area contributed by atoms with Crippen molar-refractivity contribution in [3.63, 3.8) is 0 Å². The first kappa shape index (κ1) is 46.7. The first-order valence-corrected chi connectivity index (χ1v) is 26.4. The highest BCUT2D eigenvalue weighted by atomic mass is 15.2. The smallest absolute Gasteiger partial charge is 0.0542 e. The van der Waals surface area contributed by atoms with E-state index in [4.69, 9.17) is 6.42 Å². The summed E-state index contributed by atoms with van der Waals surface area (Å²) < 4.78 is 2.37. The van der Waals surface area contributed by atoms with E-state index >= 15 is 0 Å². The Labute approximate surface area is 451 Å². The number of terminal acetylenes is 1. The number of para-hydroxylation sites is 3. The molecule has 4 heteroatoms. The molecule has 1 aromatic heterocycles. The molecule has 0 N–H and O–H groups in total. The maximum Gasteiger partial charge on any atom is 0.0542 e. The zero-order valence-corrected chi connectivity index (χ0v) is 42.7. The fourth-order valence-corrected chi connectivity index (χ4v) is 11.5. The van der Waals surface area contributed by atoms with Gasteiger partial charge >= 0.3 is 0 Å². The average Bonchev–Trinajstić information content (AvgIpc) is 4.10. The SMILES string of the molecule is C#C/C=C\C1c2cc(N(c3ccc(-c4ccccc4)cc3)c3ccc(-c4ccc(N(c5ccc(-c6ccccc6)cc5)c5ccc6c(c5)c5ccccc5n6-c5ccccc5)cc4)cc3)ccc2N(c2ccccc2)C1C. The summed E-state index contributed by atoms with van der Waals surface area (Å²) >= 11 is 0. The summed E-state index contributed by atoms with van der Waals surface area (Å²) in [7, 11) is 0. The molecule has 2 unspecified atom stereocenters. The third-order valence-corrected chi connectivity index (χ3v) is 15.2. The summed E-state index contributed by atoms with van der Waals surface area (Å²) in [6.07, 6.45) is 9.87. The van der Waals surface area contributed by atoms with Crippen molar-refractivity contribution in [2.24, 2.45) is 0 Å². The molecule has 0 bridgehead atoms. The van der Waals surface area contributed by atoms with Gasteiger partial charge in [0.25, 0.3) is 0 Å². The molecule has 77 heavy (non-hydrogen) atoms. The van der Waals surface area contributed by atoms with Gasteiger partial charge < -0.3 is 19.3 Å². The van der Waals surface area contributed by atoms with Crippen LogP contribution in [0.25, 0.3) is 60.9 Å². The lowest BCUT2D eigenvalue weighted by atomic mass is 9.94. The number of nitrogens with zero attached hydrogens (tertiary/aromatic N) is 4. The molecule has 0 fully saturated rings. The summed E-state index contributed by atoms with van der Waals surface area (Å²) in [5.74, 6) is 2.86. The molecule has 0 aliphatic carbocycles. The molecule has 4 nitrogen and oxygen atoms in total. The Kier molecular flexibility index (Phi) is 12.3. The van der Waals surface area contributed by atoms with Crippen molar-refractivity contribution in [1.29, 1.82) is 0 Å². The molecular weight excluding hydrogens is 933 g/mol. The van der Waals surface area contributed by atoms with Gasteiger partial charge in [0, 0.05) is 73.9 Å². The molecule has 12 aromatic rings. The van der Waals surface area contributed by atoms with Gasteiger partial charge in [0.05, 0.1) is 11.0 Å². The van der Waals surface area contributed by atoms with Crippen molar-refractivity contribution >= 4 is 67.3 Å². The van der Waals surface area contributed by atoms with Crippen LogP contribution in [0.1, 0.15) is 18.4 Å². The Balaban J connectivity index is 0.872. The van der Waals surface area contributed by atoms with E-state index in [2.05, 4.69) is 317 Å². The van der Waals surface area contributed by atoms with Crippen molar-refractivity contribution in [1.82, 2.24) is 4.57 Å². The van der Waals surface area contributed by atoms with E-state index in [1.54, 1.807) is 0 Å². The Morgan fingerprint density at radius 3 is 1.26 bits per heavy atom. The zero-order valence-electron chi connectivity index (χ0n) is 42.7. The number of anilines is 8. The van der Waals surface area contributed by atoms with Crippen molar-refractivity contribution in [3.8, 4) is 51.4 Å². The number of fused-ring (bicyclic) bond motifs is 4. The number of hydrogen-bond acceptors (Lipinski definition) is 3. The molecule has 0 amide bonds. The predicted octanol–water partition coefficient (Wildman–Crippen LogP) is 19.5. The van der Waals surface area contributed by atoms with Gasteiger partial charge in [-0.2, -0.15) is 0 Å². The molecule has 0 radical (unpaired) electrons. The van der Waals surface area contributed by atoms with Gasteiger partial charge in [0.1, 0.15) is 0 Å². The molecule has 13 rings (SSSR count). The second kappa shape index (κ2) is 20.3. The van der Waals surface area contributed by atoms with E-state index in [1.165, 1.54) is 55.3 Å². The molecule has 1 aliphatic rings. The van der Waals surface area contributed by atoms with E-state index in [-0.39, 0.29) is 12.0 Å². The standard InChI is InChI=1S/C73H54N4/c1-3-4-27-67-52(2)74(59-23-13-7-14-24-59)72-48-46-65(50-69(67)72)75(61-38-30-55(31-39-61)53-19-9-5-10-20-53)63-42-34-57(35-43-63)58-36-44-64(45-37-58)76(62-40-32-56(33-41-62)54-21-11-6-12-22-54)66-47-49-73-70(51-66)68-28-17-18-29-71(68)77(73)60-25-15-8-16-26-60/h1,4-52,67H,2H3/b27-4-. The van der Waals surface area contributed by atoms with Gasteiger partial charge in [-0.1, -0.05) is 176 Å². The van der Waals surface area contributed by atoms with Crippen LogP contribution < -0.4 is 14.7 Å². The van der Waals surface area contributed by atoms with E-state index in [1.807, 2.05) is 6.08 Å². The number of allylic oxidation sites excluding steroid dienone is 1. The highest BCUT2D eigenvalue weighted by Crippen LogP contribution is 2.49. The topological polar surface area (TPSA) is 14.7 Å². The van der Waals surface area contributed by atoms with Crippen LogP contribution in [-0.4, -0.2) is 10.6 Å². The third-order valence-electron chi connectivity index (χ3n) is 15.2. The average molecular weight is 987 g/mol. The number of hydrogen-bond donors (Lipinski definition) is 0. The summed E-state index contributed by atoms with van der Waals surface area (Å²) in [6, 6.07) is 101. The van der Waals surface area contributed by atoms with Crippen LogP contribution in [-0.2, 0) is 0 Å². The summed E-state index contributed by atoms with van der Waals surface area (Å²) in [6.45, 7) is 2.29. The third kappa shape index (κ3) is 8.80. The van der Waals surface area contributed by atoms with Crippen molar-refractivity contribution in [2.45, 2.75) is 18.9 Å². The number of rotatable bonds is 12. The van der Waals surface area contributed by atoms with Gasteiger partial charge in [-0.15, -0.1) is 6.42 Å². The highest BCUT2D eigenvalue weighted by Gasteiger charge is 2.36. The molecule has 0 spiro atoms.